The summed E-state index contributed by atoms with van der Waals surface area (Å²) in [5.74, 6) is 0.487. The van der Waals surface area contributed by atoms with Crippen LogP contribution in [-0.4, -0.2) is 28.1 Å². The number of benzene rings is 1. The zero-order chi connectivity index (χ0) is 23.4. The lowest BCUT2D eigenvalue weighted by molar-refractivity contribution is -0.124. The molecule has 0 saturated heterocycles. The third kappa shape index (κ3) is 7.53. The number of aromatic nitrogens is 2. The molecule has 0 unspecified atom stereocenters. The highest BCUT2D eigenvalue weighted by molar-refractivity contribution is 5.94. The Labute approximate surface area is 186 Å². The van der Waals surface area contributed by atoms with Crippen molar-refractivity contribution in [2.75, 3.05) is 11.9 Å². The average Bonchev–Trinajstić information content (AvgIpc) is 3.02. The number of anilines is 1. The monoisotopic (exact) mass is 426 g/mol. The predicted molar refractivity (Wildman–Crippen MR) is 126 cm³/mol. The lowest BCUT2D eigenvalue weighted by Gasteiger charge is -2.22. The second kappa shape index (κ2) is 9.67. The number of amides is 2. The van der Waals surface area contributed by atoms with Gasteiger partial charge in [0.1, 0.15) is 5.82 Å². The Kier molecular flexibility index (Phi) is 7.68. The van der Waals surface area contributed by atoms with Crippen molar-refractivity contribution < 1.29 is 9.59 Å². The second-order valence-electron chi connectivity index (χ2n) is 10.8. The van der Waals surface area contributed by atoms with Gasteiger partial charge in [-0.1, -0.05) is 66.7 Å². The van der Waals surface area contributed by atoms with E-state index in [9.17, 15) is 9.59 Å². The van der Waals surface area contributed by atoms with Crippen LogP contribution in [0.4, 0.5) is 5.82 Å². The summed E-state index contributed by atoms with van der Waals surface area (Å²) in [7, 11) is 0. The van der Waals surface area contributed by atoms with E-state index in [2.05, 4.69) is 59.1 Å². The van der Waals surface area contributed by atoms with Crippen molar-refractivity contribution in [1.82, 2.24) is 15.1 Å². The van der Waals surface area contributed by atoms with Crippen LogP contribution in [0.2, 0.25) is 0 Å². The molecule has 0 radical (unpaired) electrons. The van der Waals surface area contributed by atoms with E-state index < -0.39 is 0 Å². The first-order valence-corrected chi connectivity index (χ1v) is 11.0. The van der Waals surface area contributed by atoms with Gasteiger partial charge in [-0.15, -0.1) is 0 Å². The molecule has 0 aliphatic rings. The van der Waals surface area contributed by atoms with Gasteiger partial charge >= 0.3 is 0 Å². The number of hydrogen-bond donors (Lipinski definition) is 2. The van der Waals surface area contributed by atoms with Crippen LogP contribution in [0.15, 0.2) is 30.3 Å². The van der Waals surface area contributed by atoms with Gasteiger partial charge in [-0.05, 0) is 36.3 Å². The zero-order valence-electron chi connectivity index (χ0n) is 20.3. The summed E-state index contributed by atoms with van der Waals surface area (Å²) < 4.78 is 1.76. The number of nitrogens with one attached hydrogen (secondary N) is 2. The van der Waals surface area contributed by atoms with Crippen molar-refractivity contribution in [1.29, 1.82) is 0 Å². The largest absolute Gasteiger partial charge is 0.347 e. The minimum absolute atomic E-state index is 0.0646. The first-order chi connectivity index (χ1) is 14.3. The fraction of sp³-hybridized carbons (Fsp3) is 0.560. The van der Waals surface area contributed by atoms with E-state index in [0.29, 0.717) is 12.2 Å². The smallest absolute Gasteiger partial charge is 0.244 e. The molecule has 1 heterocycles. The molecule has 0 saturated carbocycles. The van der Waals surface area contributed by atoms with E-state index in [-0.39, 0.29) is 35.1 Å². The summed E-state index contributed by atoms with van der Waals surface area (Å²) >= 11 is 0. The van der Waals surface area contributed by atoms with Crippen LogP contribution in [0.5, 0.6) is 0 Å². The fourth-order valence-corrected chi connectivity index (χ4v) is 3.69. The van der Waals surface area contributed by atoms with Crippen LogP contribution in [0.1, 0.15) is 72.6 Å². The first kappa shape index (κ1) is 24.6. The molecule has 31 heavy (non-hydrogen) atoms. The number of rotatable bonds is 7. The molecular formula is C25H38N4O2. The lowest BCUT2D eigenvalue weighted by atomic mass is 9.84. The Morgan fingerprint density at radius 2 is 1.71 bits per heavy atom. The number of nitrogens with zero attached hydrogens (tertiary/aromatic N) is 2. The van der Waals surface area contributed by atoms with Gasteiger partial charge in [-0.25, -0.2) is 4.68 Å². The van der Waals surface area contributed by atoms with Gasteiger partial charge < -0.3 is 10.6 Å². The summed E-state index contributed by atoms with van der Waals surface area (Å²) in [5, 5.41) is 10.4. The molecule has 1 aromatic carbocycles. The average molecular weight is 427 g/mol. The topological polar surface area (TPSA) is 76.0 Å². The first-order valence-electron chi connectivity index (χ1n) is 11.0. The molecule has 2 amide bonds. The quantitative estimate of drug-likeness (QED) is 0.654. The number of para-hydroxylation sites is 1. The van der Waals surface area contributed by atoms with E-state index >= 15 is 0 Å². The van der Waals surface area contributed by atoms with Crippen molar-refractivity contribution in [3.63, 3.8) is 0 Å². The Morgan fingerprint density at radius 3 is 2.29 bits per heavy atom. The molecule has 6 nitrogen and oxygen atoms in total. The van der Waals surface area contributed by atoms with Crippen LogP contribution < -0.4 is 10.6 Å². The van der Waals surface area contributed by atoms with E-state index in [0.717, 1.165) is 23.4 Å². The van der Waals surface area contributed by atoms with E-state index in [1.165, 1.54) is 0 Å². The lowest BCUT2D eigenvalue weighted by Crippen LogP contribution is -2.34. The molecule has 0 spiro atoms. The van der Waals surface area contributed by atoms with Crippen LogP contribution in [0.25, 0.3) is 5.69 Å². The van der Waals surface area contributed by atoms with Crippen LogP contribution in [0, 0.1) is 18.3 Å². The highest BCUT2D eigenvalue weighted by atomic mass is 16.2. The number of carbonyl (C=O) groups is 2. The van der Waals surface area contributed by atoms with Gasteiger partial charge in [0.2, 0.25) is 11.8 Å². The number of carbonyl (C=O) groups excluding carboxylic acids is 2. The Bertz CT molecular complexity index is 916. The number of aryl methyl sites for hydroxylation is 1. The zero-order valence-corrected chi connectivity index (χ0v) is 20.3. The van der Waals surface area contributed by atoms with Crippen molar-refractivity contribution in [2.24, 2.45) is 11.3 Å². The standard InChI is InChI=1S/C25H38N4O2/c1-17(15-24(3,4)5)13-22(30)26-16-23(31)27-21-14-20(25(6,7)8)28-29(21)19-12-10-9-11-18(19)2/h9-12,14,17H,13,15-16H2,1-8H3,(H,26,30)(H,27,31)/t17-/m0/s1. The molecular weight excluding hydrogens is 388 g/mol. The number of hydrogen-bond acceptors (Lipinski definition) is 3. The SMILES string of the molecule is Cc1ccccc1-n1nc(C(C)(C)C)cc1NC(=O)CNC(=O)C[C@H](C)CC(C)(C)C. The maximum atomic E-state index is 12.6. The molecule has 2 N–H and O–H groups in total. The van der Waals surface area contributed by atoms with Crippen LogP contribution >= 0.6 is 0 Å². The Morgan fingerprint density at radius 1 is 1.06 bits per heavy atom. The summed E-state index contributed by atoms with van der Waals surface area (Å²) in [6, 6.07) is 9.81. The Balaban J connectivity index is 2.08. The highest BCUT2D eigenvalue weighted by Crippen LogP contribution is 2.28. The molecule has 0 fully saturated rings. The molecule has 0 aliphatic carbocycles. The van der Waals surface area contributed by atoms with E-state index in [1.807, 2.05) is 37.3 Å². The molecule has 0 aliphatic heterocycles. The molecule has 170 valence electrons. The van der Waals surface area contributed by atoms with E-state index in [1.54, 1.807) is 4.68 Å². The fourth-order valence-electron chi connectivity index (χ4n) is 3.69. The maximum Gasteiger partial charge on any atom is 0.244 e. The Hall–Kier alpha value is -2.63. The molecule has 1 aromatic heterocycles. The maximum absolute atomic E-state index is 12.6. The third-order valence-electron chi connectivity index (χ3n) is 5.03. The molecule has 2 rings (SSSR count). The minimum Gasteiger partial charge on any atom is -0.347 e. The van der Waals surface area contributed by atoms with Crippen LogP contribution in [-0.2, 0) is 15.0 Å². The summed E-state index contributed by atoms with van der Waals surface area (Å²) in [4.78, 5) is 24.8. The van der Waals surface area contributed by atoms with Gasteiger partial charge in [-0.2, -0.15) is 5.10 Å². The van der Waals surface area contributed by atoms with E-state index in [4.69, 9.17) is 5.10 Å². The highest BCUT2D eigenvalue weighted by Gasteiger charge is 2.22. The summed E-state index contributed by atoms with van der Waals surface area (Å²) in [5.41, 5.74) is 2.86. The van der Waals surface area contributed by atoms with Crippen molar-refractivity contribution in [3.8, 4) is 5.69 Å². The van der Waals surface area contributed by atoms with Gasteiger partial charge in [0.05, 0.1) is 17.9 Å². The third-order valence-corrected chi connectivity index (χ3v) is 5.03. The summed E-state index contributed by atoms with van der Waals surface area (Å²) in [6.45, 7) is 16.8. The van der Waals surface area contributed by atoms with Gasteiger partial charge in [0.25, 0.3) is 0 Å². The molecule has 2 aromatic rings. The normalized spacial score (nSPS) is 13.0. The summed E-state index contributed by atoms with van der Waals surface area (Å²) in [6.07, 6.45) is 1.37. The molecule has 0 bridgehead atoms. The predicted octanol–water partition coefficient (Wildman–Crippen LogP) is 5.00. The van der Waals surface area contributed by atoms with Crippen molar-refractivity contribution in [2.45, 2.75) is 73.6 Å². The van der Waals surface area contributed by atoms with Crippen LogP contribution in [0.3, 0.4) is 0 Å². The van der Waals surface area contributed by atoms with Gasteiger partial charge in [-0.3, -0.25) is 9.59 Å². The molecule has 6 heteroatoms. The van der Waals surface area contributed by atoms with Crippen molar-refractivity contribution >= 4 is 17.6 Å². The van der Waals surface area contributed by atoms with Crippen molar-refractivity contribution in [3.05, 3.63) is 41.6 Å². The molecule has 1 atom stereocenters. The van der Waals surface area contributed by atoms with Gasteiger partial charge in [0, 0.05) is 17.9 Å². The minimum atomic E-state index is -0.271. The van der Waals surface area contributed by atoms with Gasteiger partial charge in [0.15, 0.2) is 0 Å². The second-order valence-corrected chi connectivity index (χ2v) is 10.8.